The molecule has 2 rings (SSSR count). The maximum atomic E-state index is 8.62. The van der Waals surface area contributed by atoms with Crippen molar-refractivity contribution >= 4 is 5.82 Å². The lowest BCUT2D eigenvalue weighted by Gasteiger charge is -2.03. The van der Waals surface area contributed by atoms with Gasteiger partial charge in [-0.25, -0.2) is 4.98 Å². The SMILES string of the molecule is CCCC1CC1Nc1ccc(C#N)cn1. The van der Waals surface area contributed by atoms with E-state index in [4.69, 9.17) is 5.26 Å². The third-order valence-electron chi connectivity index (χ3n) is 2.81. The Bertz CT molecular complexity index is 363. The molecule has 2 unspecified atom stereocenters. The largest absolute Gasteiger partial charge is 0.367 e. The lowest BCUT2D eigenvalue weighted by Crippen LogP contribution is -2.05. The zero-order valence-corrected chi connectivity index (χ0v) is 8.90. The van der Waals surface area contributed by atoms with Crippen molar-refractivity contribution in [1.82, 2.24) is 4.98 Å². The smallest absolute Gasteiger partial charge is 0.126 e. The molecule has 3 heteroatoms. The fraction of sp³-hybridized carbons (Fsp3) is 0.500. The molecule has 0 bridgehead atoms. The highest BCUT2D eigenvalue weighted by Gasteiger charge is 2.35. The van der Waals surface area contributed by atoms with Crippen molar-refractivity contribution in [2.75, 3.05) is 5.32 Å². The van der Waals surface area contributed by atoms with Crippen molar-refractivity contribution in [2.24, 2.45) is 5.92 Å². The van der Waals surface area contributed by atoms with E-state index in [1.807, 2.05) is 6.07 Å². The number of nitrogens with one attached hydrogen (secondary N) is 1. The highest BCUT2D eigenvalue weighted by molar-refractivity contribution is 5.41. The molecule has 1 heterocycles. The molecule has 1 aromatic heterocycles. The molecule has 1 aliphatic carbocycles. The van der Waals surface area contributed by atoms with Gasteiger partial charge in [0, 0.05) is 12.2 Å². The van der Waals surface area contributed by atoms with Crippen molar-refractivity contribution in [1.29, 1.82) is 5.26 Å². The van der Waals surface area contributed by atoms with Crippen LogP contribution in [0.4, 0.5) is 5.82 Å². The van der Waals surface area contributed by atoms with E-state index in [0.29, 0.717) is 11.6 Å². The molecule has 0 saturated heterocycles. The zero-order chi connectivity index (χ0) is 10.7. The second-order valence-electron chi connectivity index (χ2n) is 4.08. The van der Waals surface area contributed by atoms with Crippen LogP contribution in [-0.4, -0.2) is 11.0 Å². The Morgan fingerprint density at radius 3 is 3.07 bits per heavy atom. The summed E-state index contributed by atoms with van der Waals surface area (Å²) in [6.45, 7) is 2.22. The van der Waals surface area contributed by atoms with Crippen molar-refractivity contribution in [3.05, 3.63) is 23.9 Å². The first-order valence-corrected chi connectivity index (χ1v) is 5.46. The van der Waals surface area contributed by atoms with E-state index in [2.05, 4.69) is 23.3 Å². The van der Waals surface area contributed by atoms with Gasteiger partial charge in [0.15, 0.2) is 0 Å². The molecule has 2 atom stereocenters. The van der Waals surface area contributed by atoms with Crippen LogP contribution in [0.3, 0.4) is 0 Å². The van der Waals surface area contributed by atoms with Gasteiger partial charge in [0.1, 0.15) is 11.9 Å². The maximum Gasteiger partial charge on any atom is 0.126 e. The van der Waals surface area contributed by atoms with Gasteiger partial charge in [-0.2, -0.15) is 5.26 Å². The average Bonchev–Trinajstić information content (AvgIpc) is 2.98. The summed E-state index contributed by atoms with van der Waals surface area (Å²) in [5.74, 6) is 1.71. The molecule has 1 fully saturated rings. The molecule has 0 aliphatic heterocycles. The van der Waals surface area contributed by atoms with E-state index in [-0.39, 0.29) is 0 Å². The first-order valence-electron chi connectivity index (χ1n) is 5.46. The summed E-state index contributed by atoms with van der Waals surface area (Å²) in [5, 5.41) is 12.0. The summed E-state index contributed by atoms with van der Waals surface area (Å²) in [7, 11) is 0. The number of aromatic nitrogens is 1. The minimum atomic E-state index is 0.602. The van der Waals surface area contributed by atoms with Crippen LogP contribution in [0.15, 0.2) is 18.3 Å². The summed E-state index contributed by atoms with van der Waals surface area (Å²) in [6, 6.07) is 6.34. The van der Waals surface area contributed by atoms with Crippen LogP contribution in [-0.2, 0) is 0 Å². The second-order valence-corrected chi connectivity index (χ2v) is 4.08. The van der Waals surface area contributed by atoms with E-state index in [0.717, 1.165) is 11.7 Å². The summed E-state index contributed by atoms with van der Waals surface area (Å²) >= 11 is 0. The van der Waals surface area contributed by atoms with Crippen LogP contribution in [0.2, 0.25) is 0 Å². The third kappa shape index (κ3) is 2.47. The minimum Gasteiger partial charge on any atom is -0.367 e. The predicted molar refractivity (Wildman–Crippen MR) is 59.4 cm³/mol. The number of hydrogen-bond donors (Lipinski definition) is 1. The standard InChI is InChI=1S/C12H15N3/c1-2-3-10-6-11(10)15-12-5-4-9(7-13)8-14-12/h4-5,8,10-11H,2-3,6H2,1H3,(H,14,15). The first-order chi connectivity index (χ1) is 7.33. The van der Waals surface area contributed by atoms with Gasteiger partial charge in [0.2, 0.25) is 0 Å². The van der Waals surface area contributed by atoms with Gasteiger partial charge in [-0.1, -0.05) is 13.3 Å². The third-order valence-corrected chi connectivity index (χ3v) is 2.81. The molecule has 1 aliphatic rings. The Balaban J connectivity index is 1.88. The number of anilines is 1. The molecule has 15 heavy (non-hydrogen) atoms. The Kier molecular flexibility index (Phi) is 2.86. The summed E-state index contributed by atoms with van der Waals surface area (Å²) in [6.07, 6.45) is 5.42. The Morgan fingerprint density at radius 2 is 2.47 bits per heavy atom. The molecule has 0 aromatic carbocycles. The number of hydrogen-bond acceptors (Lipinski definition) is 3. The highest BCUT2D eigenvalue weighted by atomic mass is 15.0. The average molecular weight is 201 g/mol. The molecule has 1 saturated carbocycles. The fourth-order valence-electron chi connectivity index (χ4n) is 1.85. The number of nitriles is 1. The Labute approximate surface area is 90.1 Å². The topological polar surface area (TPSA) is 48.7 Å². The zero-order valence-electron chi connectivity index (χ0n) is 8.90. The van der Waals surface area contributed by atoms with Gasteiger partial charge in [-0.05, 0) is 30.9 Å². The maximum absolute atomic E-state index is 8.62. The number of rotatable bonds is 4. The molecule has 0 amide bonds. The van der Waals surface area contributed by atoms with Crippen LogP contribution in [0.1, 0.15) is 31.7 Å². The van der Waals surface area contributed by atoms with Crippen molar-refractivity contribution in [3.8, 4) is 6.07 Å². The molecular formula is C12H15N3. The van der Waals surface area contributed by atoms with Crippen molar-refractivity contribution in [2.45, 2.75) is 32.2 Å². The normalized spacial score (nSPS) is 23.2. The highest BCUT2D eigenvalue weighted by Crippen LogP contribution is 2.36. The lowest BCUT2D eigenvalue weighted by atomic mass is 10.2. The van der Waals surface area contributed by atoms with E-state index < -0.39 is 0 Å². The van der Waals surface area contributed by atoms with Gasteiger partial charge >= 0.3 is 0 Å². The van der Waals surface area contributed by atoms with Crippen molar-refractivity contribution < 1.29 is 0 Å². The fourth-order valence-corrected chi connectivity index (χ4v) is 1.85. The van der Waals surface area contributed by atoms with Crippen LogP contribution < -0.4 is 5.32 Å². The number of pyridine rings is 1. The molecule has 3 nitrogen and oxygen atoms in total. The second kappa shape index (κ2) is 4.31. The minimum absolute atomic E-state index is 0.602. The van der Waals surface area contributed by atoms with Crippen LogP contribution >= 0.6 is 0 Å². The summed E-state index contributed by atoms with van der Waals surface area (Å²) in [5.41, 5.74) is 0.612. The summed E-state index contributed by atoms with van der Waals surface area (Å²) in [4.78, 5) is 4.19. The molecule has 0 spiro atoms. The van der Waals surface area contributed by atoms with Gasteiger partial charge in [0.05, 0.1) is 5.56 Å². The van der Waals surface area contributed by atoms with Crippen LogP contribution in [0, 0.1) is 17.2 Å². The van der Waals surface area contributed by atoms with Gasteiger partial charge in [-0.15, -0.1) is 0 Å². The molecule has 1 aromatic rings. The molecular weight excluding hydrogens is 186 g/mol. The molecule has 78 valence electrons. The lowest BCUT2D eigenvalue weighted by molar-refractivity contribution is 0.692. The summed E-state index contributed by atoms with van der Waals surface area (Å²) < 4.78 is 0. The van der Waals surface area contributed by atoms with E-state index >= 15 is 0 Å². The van der Waals surface area contributed by atoms with E-state index in [1.54, 1.807) is 12.3 Å². The molecule has 0 radical (unpaired) electrons. The van der Waals surface area contributed by atoms with Crippen molar-refractivity contribution in [3.63, 3.8) is 0 Å². The molecule has 1 N–H and O–H groups in total. The Hall–Kier alpha value is -1.56. The van der Waals surface area contributed by atoms with E-state index in [9.17, 15) is 0 Å². The van der Waals surface area contributed by atoms with Gasteiger partial charge in [0.25, 0.3) is 0 Å². The monoisotopic (exact) mass is 201 g/mol. The first kappa shape index (κ1) is 9.97. The van der Waals surface area contributed by atoms with Crippen LogP contribution in [0.5, 0.6) is 0 Å². The van der Waals surface area contributed by atoms with Gasteiger partial charge in [-0.3, -0.25) is 0 Å². The quantitative estimate of drug-likeness (QED) is 0.814. The van der Waals surface area contributed by atoms with Crippen LogP contribution in [0.25, 0.3) is 0 Å². The number of nitrogens with zero attached hydrogens (tertiary/aromatic N) is 2. The van der Waals surface area contributed by atoms with Gasteiger partial charge < -0.3 is 5.32 Å². The Morgan fingerprint density at radius 1 is 1.60 bits per heavy atom. The predicted octanol–water partition coefficient (Wildman–Crippen LogP) is 2.55. The van der Waals surface area contributed by atoms with E-state index in [1.165, 1.54) is 19.3 Å².